The molecule has 1 aliphatic heterocycles. The molecule has 0 aromatic carbocycles. The van der Waals surface area contributed by atoms with E-state index in [0.29, 0.717) is 10.1 Å². The molecule has 1 heterocycles. The number of hydrogen-bond donors (Lipinski definition) is 0. The minimum Gasteiger partial charge on any atom is -0.0694 e. The Hall–Kier alpha value is 0.434. The molecule has 0 N–H and O–H groups in total. The molecule has 1 aliphatic rings. The summed E-state index contributed by atoms with van der Waals surface area (Å²) in [7, 11) is -1.97. The molecule has 0 radical (unpaired) electrons. The normalized spacial score (nSPS) is 23.1. The van der Waals surface area contributed by atoms with Crippen molar-refractivity contribution in [1.29, 1.82) is 0 Å². The second-order valence-electron chi connectivity index (χ2n) is 9.05. The van der Waals surface area contributed by atoms with E-state index in [4.69, 9.17) is 0 Å². The average Bonchev–Trinajstić information content (AvgIpc) is 1.69. The van der Waals surface area contributed by atoms with E-state index in [1.807, 2.05) is 0 Å². The molecule has 0 aliphatic carbocycles. The molecule has 0 atom stereocenters. The van der Waals surface area contributed by atoms with Crippen LogP contribution in [0.2, 0.25) is 47.3 Å². The second-order valence-corrected chi connectivity index (χ2v) is 20.6. The van der Waals surface area contributed by atoms with Crippen molar-refractivity contribution >= 4 is 16.1 Å². The summed E-state index contributed by atoms with van der Waals surface area (Å²) in [5, 5.41) is 1.17. The van der Waals surface area contributed by atoms with Crippen molar-refractivity contribution in [3.05, 3.63) is 0 Å². The van der Waals surface area contributed by atoms with Gasteiger partial charge in [0, 0.05) is 8.07 Å². The third-order valence-electron chi connectivity index (χ3n) is 5.29. The molecule has 0 unspecified atom stereocenters. The molecule has 0 amide bonds. The lowest BCUT2D eigenvalue weighted by Crippen LogP contribution is -2.62. The van der Waals surface area contributed by atoms with Crippen molar-refractivity contribution in [2.45, 2.75) is 88.9 Å². The maximum atomic E-state index is 2.56. The van der Waals surface area contributed by atoms with Gasteiger partial charge in [0.15, 0.2) is 0 Å². The SMILES string of the molecule is CC(C)(C)[Si]1(C(C)(C)C)CC([Si](C)(C)C)C1. The van der Waals surface area contributed by atoms with Crippen molar-refractivity contribution in [2.24, 2.45) is 0 Å². The fourth-order valence-electron chi connectivity index (χ4n) is 3.74. The van der Waals surface area contributed by atoms with Gasteiger partial charge in [0.1, 0.15) is 0 Å². The fourth-order valence-corrected chi connectivity index (χ4v) is 17.0. The fraction of sp³-hybridized carbons (Fsp3) is 1.00. The van der Waals surface area contributed by atoms with Crippen LogP contribution in [-0.2, 0) is 0 Å². The van der Waals surface area contributed by atoms with Crippen molar-refractivity contribution in [2.75, 3.05) is 0 Å². The highest BCUT2D eigenvalue weighted by Gasteiger charge is 2.61. The van der Waals surface area contributed by atoms with Crippen LogP contribution >= 0.6 is 0 Å². The first kappa shape index (κ1) is 14.5. The van der Waals surface area contributed by atoms with E-state index < -0.39 is 16.1 Å². The van der Waals surface area contributed by atoms with Crippen LogP contribution < -0.4 is 0 Å². The van der Waals surface area contributed by atoms with Crippen LogP contribution in [0.5, 0.6) is 0 Å². The third-order valence-corrected chi connectivity index (χ3v) is 17.1. The average molecular weight is 257 g/mol. The first-order valence-electron chi connectivity index (χ1n) is 6.81. The Kier molecular flexibility index (Phi) is 3.36. The summed E-state index contributed by atoms with van der Waals surface area (Å²) in [6.07, 6.45) is 0. The van der Waals surface area contributed by atoms with Gasteiger partial charge >= 0.3 is 0 Å². The highest BCUT2D eigenvalue weighted by molar-refractivity contribution is 6.93. The van der Waals surface area contributed by atoms with Crippen molar-refractivity contribution in [3.63, 3.8) is 0 Å². The monoisotopic (exact) mass is 256 g/mol. The molecule has 0 saturated carbocycles. The summed E-state index contributed by atoms with van der Waals surface area (Å²) in [6.45, 7) is 22.7. The van der Waals surface area contributed by atoms with Gasteiger partial charge in [-0.1, -0.05) is 78.8 Å². The van der Waals surface area contributed by atoms with E-state index in [2.05, 4.69) is 61.2 Å². The molecular weight excluding hydrogens is 224 g/mol. The summed E-state index contributed by atoms with van der Waals surface area (Å²) in [4.78, 5) is 0. The van der Waals surface area contributed by atoms with Crippen LogP contribution in [0.3, 0.4) is 0 Å². The minimum absolute atomic E-state index is 0.585. The molecular formula is C14H32Si2. The molecule has 96 valence electrons. The van der Waals surface area contributed by atoms with Gasteiger partial charge in [-0.15, -0.1) is 0 Å². The lowest BCUT2D eigenvalue weighted by molar-refractivity contribution is 0.556. The molecule has 2 heteroatoms. The Bertz CT molecular complexity index is 238. The molecule has 0 nitrogen and oxygen atoms in total. The van der Waals surface area contributed by atoms with E-state index >= 15 is 0 Å². The number of rotatable bonds is 1. The topological polar surface area (TPSA) is 0 Å². The molecule has 0 spiro atoms. The van der Waals surface area contributed by atoms with Gasteiger partial charge in [-0.25, -0.2) is 0 Å². The maximum Gasteiger partial charge on any atom is 0.0643 e. The van der Waals surface area contributed by atoms with Gasteiger partial charge in [0.05, 0.1) is 8.07 Å². The van der Waals surface area contributed by atoms with Gasteiger partial charge in [0.2, 0.25) is 0 Å². The summed E-state index contributed by atoms with van der Waals surface area (Å²) < 4.78 is 0. The predicted octanol–water partition coefficient (Wildman–Crippen LogP) is 5.76. The molecule has 1 saturated heterocycles. The van der Waals surface area contributed by atoms with Crippen molar-refractivity contribution in [1.82, 2.24) is 0 Å². The second kappa shape index (κ2) is 3.71. The van der Waals surface area contributed by atoms with Gasteiger partial charge in [-0.2, -0.15) is 0 Å². The molecule has 0 aromatic rings. The summed E-state index contributed by atoms with van der Waals surface area (Å²) in [6, 6.07) is 3.21. The Balaban J connectivity index is 2.92. The van der Waals surface area contributed by atoms with Crippen LogP contribution in [0.25, 0.3) is 0 Å². The zero-order valence-electron chi connectivity index (χ0n) is 13.0. The Morgan fingerprint density at radius 2 is 1.12 bits per heavy atom. The largest absolute Gasteiger partial charge is 0.0694 e. The highest BCUT2D eigenvalue weighted by Crippen LogP contribution is 2.67. The van der Waals surface area contributed by atoms with Crippen LogP contribution in [0, 0.1) is 0 Å². The standard InChI is InChI=1S/C14H32Si2/c1-13(2,3)16(14(4,5)6)10-12(11-16)15(7,8)9/h12H,10-11H2,1-9H3. The van der Waals surface area contributed by atoms with Crippen LogP contribution in [0.1, 0.15) is 41.5 Å². The molecule has 16 heavy (non-hydrogen) atoms. The zero-order valence-corrected chi connectivity index (χ0v) is 15.0. The van der Waals surface area contributed by atoms with E-state index in [0.717, 1.165) is 5.54 Å². The first-order chi connectivity index (χ1) is 6.81. The summed E-state index contributed by atoms with van der Waals surface area (Å²) >= 11 is 0. The molecule has 0 bridgehead atoms. The summed E-state index contributed by atoms with van der Waals surface area (Å²) in [5.41, 5.74) is 1.11. The molecule has 1 fully saturated rings. The predicted molar refractivity (Wildman–Crippen MR) is 81.9 cm³/mol. The first-order valence-corrected chi connectivity index (χ1v) is 12.8. The lowest BCUT2D eigenvalue weighted by Gasteiger charge is -2.63. The Labute approximate surface area is 105 Å². The maximum absolute atomic E-state index is 2.56. The van der Waals surface area contributed by atoms with Crippen LogP contribution in [0.4, 0.5) is 0 Å². The number of hydrogen-bond acceptors (Lipinski definition) is 0. The minimum atomic E-state index is -1.08. The van der Waals surface area contributed by atoms with Crippen molar-refractivity contribution < 1.29 is 0 Å². The van der Waals surface area contributed by atoms with Gasteiger partial charge < -0.3 is 0 Å². The van der Waals surface area contributed by atoms with Crippen LogP contribution in [0.15, 0.2) is 0 Å². The lowest BCUT2D eigenvalue weighted by atomic mass is 10.2. The van der Waals surface area contributed by atoms with E-state index in [9.17, 15) is 0 Å². The summed E-state index contributed by atoms with van der Waals surface area (Å²) in [5.74, 6) is 0. The quantitative estimate of drug-likeness (QED) is 0.523. The molecule has 1 rings (SSSR count). The van der Waals surface area contributed by atoms with E-state index in [1.54, 1.807) is 12.1 Å². The van der Waals surface area contributed by atoms with E-state index in [1.165, 1.54) is 0 Å². The Morgan fingerprint density at radius 3 is 1.31 bits per heavy atom. The highest BCUT2D eigenvalue weighted by atomic mass is 28.3. The van der Waals surface area contributed by atoms with Crippen LogP contribution in [-0.4, -0.2) is 16.1 Å². The Morgan fingerprint density at radius 1 is 0.812 bits per heavy atom. The van der Waals surface area contributed by atoms with Gasteiger partial charge in [-0.3, -0.25) is 0 Å². The van der Waals surface area contributed by atoms with Gasteiger partial charge in [-0.05, 0) is 10.1 Å². The van der Waals surface area contributed by atoms with Crippen molar-refractivity contribution in [3.8, 4) is 0 Å². The van der Waals surface area contributed by atoms with Gasteiger partial charge in [0.25, 0.3) is 0 Å². The smallest absolute Gasteiger partial charge is 0.0643 e. The van der Waals surface area contributed by atoms with E-state index in [-0.39, 0.29) is 0 Å². The molecule has 0 aromatic heterocycles. The third kappa shape index (κ3) is 2.20. The zero-order chi connectivity index (χ0) is 13.0.